The zero-order valence-electron chi connectivity index (χ0n) is 21.4. The van der Waals surface area contributed by atoms with Crippen molar-refractivity contribution in [3.8, 4) is 28.7 Å². The van der Waals surface area contributed by atoms with Crippen molar-refractivity contribution in [2.24, 2.45) is 5.16 Å². The summed E-state index contributed by atoms with van der Waals surface area (Å²) in [7, 11) is 7.62. The maximum absolute atomic E-state index is 13.0. The molecule has 3 aromatic carbocycles. The van der Waals surface area contributed by atoms with Crippen LogP contribution in [0.2, 0.25) is 5.02 Å². The monoisotopic (exact) mass is 536 g/mol. The van der Waals surface area contributed by atoms with Gasteiger partial charge in [-0.1, -0.05) is 16.8 Å². The predicted octanol–water partition coefficient (Wildman–Crippen LogP) is 5.54. The number of fused-ring (bicyclic) bond motifs is 1. The Morgan fingerprint density at radius 2 is 1.37 bits per heavy atom. The molecule has 1 heterocycles. The van der Waals surface area contributed by atoms with Crippen molar-refractivity contribution in [2.45, 2.75) is 0 Å². The number of hydrogen-bond acceptors (Lipinski definition) is 9. The van der Waals surface area contributed by atoms with Crippen molar-refractivity contribution in [1.82, 2.24) is 4.98 Å². The highest BCUT2D eigenvalue weighted by Crippen LogP contribution is 2.35. The largest absolute Gasteiger partial charge is 0.496 e. The highest BCUT2D eigenvalue weighted by molar-refractivity contribution is 6.31. The van der Waals surface area contributed by atoms with E-state index in [9.17, 15) is 4.79 Å². The summed E-state index contributed by atoms with van der Waals surface area (Å²) >= 11 is 6.10. The van der Waals surface area contributed by atoms with E-state index >= 15 is 0 Å². The number of ether oxygens (including phenoxy) is 5. The van der Waals surface area contributed by atoms with Gasteiger partial charge in [-0.05, 0) is 60.0 Å². The van der Waals surface area contributed by atoms with Gasteiger partial charge in [-0.3, -0.25) is 4.98 Å². The normalized spacial score (nSPS) is 11.2. The van der Waals surface area contributed by atoms with Gasteiger partial charge in [-0.15, -0.1) is 0 Å². The lowest BCUT2D eigenvalue weighted by molar-refractivity contribution is 0.0513. The van der Waals surface area contributed by atoms with Gasteiger partial charge in [-0.25, -0.2) is 4.79 Å². The van der Waals surface area contributed by atoms with Crippen LogP contribution in [0.3, 0.4) is 0 Å². The first-order valence-electron chi connectivity index (χ1n) is 11.3. The number of carbonyl (C=O) groups is 1. The van der Waals surface area contributed by atoms with Crippen LogP contribution in [-0.4, -0.2) is 52.2 Å². The lowest BCUT2D eigenvalue weighted by atomic mass is 10.0. The fourth-order valence-electron chi connectivity index (χ4n) is 3.88. The zero-order valence-corrected chi connectivity index (χ0v) is 22.2. The van der Waals surface area contributed by atoms with Gasteiger partial charge in [0, 0.05) is 22.2 Å². The van der Waals surface area contributed by atoms with Crippen molar-refractivity contribution in [1.29, 1.82) is 0 Å². The summed E-state index contributed by atoms with van der Waals surface area (Å²) in [6.07, 6.45) is 1.63. The molecule has 0 aliphatic heterocycles. The molecule has 0 spiro atoms. The fourth-order valence-corrected chi connectivity index (χ4v) is 4.05. The Balaban J connectivity index is 1.90. The number of aromatic nitrogens is 1. The number of benzene rings is 3. The average molecular weight is 537 g/mol. The number of pyridine rings is 1. The number of hydrogen-bond donors (Lipinski definition) is 0. The van der Waals surface area contributed by atoms with Gasteiger partial charge < -0.3 is 28.5 Å². The van der Waals surface area contributed by atoms with E-state index in [1.165, 1.54) is 20.3 Å². The summed E-state index contributed by atoms with van der Waals surface area (Å²) < 4.78 is 27.1. The Kier molecular flexibility index (Phi) is 8.18. The molecular formula is C28H25ClN2O7. The van der Waals surface area contributed by atoms with Gasteiger partial charge in [-0.2, -0.15) is 0 Å². The predicted molar refractivity (Wildman–Crippen MR) is 143 cm³/mol. The second-order valence-electron chi connectivity index (χ2n) is 7.82. The van der Waals surface area contributed by atoms with E-state index in [1.807, 2.05) is 12.1 Å². The average Bonchev–Trinajstić information content (AvgIpc) is 2.96. The molecule has 0 saturated carbocycles. The molecule has 4 aromatic rings. The van der Waals surface area contributed by atoms with Crippen LogP contribution in [0.25, 0.3) is 10.8 Å². The first-order valence-corrected chi connectivity index (χ1v) is 11.7. The summed E-state index contributed by atoms with van der Waals surface area (Å²) in [6, 6.07) is 15.3. The number of methoxy groups -OCH3 is 5. The van der Waals surface area contributed by atoms with Gasteiger partial charge in [0.2, 0.25) is 0 Å². The van der Waals surface area contributed by atoms with Gasteiger partial charge in [0.05, 0.1) is 35.5 Å². The molecule has 0 unspecified atom stereocenters. The summed E-state index contributed by atoms with van der Waals surface area (Å²) in [6.45, 7) is 0. The van der Waals surface area contributed by atoms with Crippen molar-refractivity contribution in [3.63, 3.8) is 0 Å². The first-order chi connectivity index (χ1) is 18.4. The minimum atomic E-state index is -0.762. The number of rotatable bonds is 9. The second-order valence-corrected chi connectivity index (χ2v) is 8.26. The van der Waals surface area contributed by atoms with E-state index in [1.54, 1.807) is 63.9 Å². The number of carbonyl (C=O) groups excluding carboxylic acids is 1. The maximum Gasteiger partial charge on any atom is 0.369 e. The highest BCUT2D eigenvalue weighted by atomic mass is 35.5. The van der Waals surface area contributed by atoms with Crippen LogP contribution in [0.15, 0.2) is 65.9 Å². The standard InChI is InChI=1S/C28H25ClN2O7/c1-33-21-9-7-18(29)14-20(21)28(32)38-31-26(17-6-8-22(34-2)23(13-17)35-3)27-19-15-25(37-5)24(36-4)12-16(19)10-11-30-27/h6-15H,1-5H3/b31-26-. The quantitative estimate of drug-likeness (QED) is 0.156. The van der Waals surface area contributed by atoms with Crippen LogP contribution in [0.1, 0.15) is 21.6 Å². The summed E-state index contributed by atoms with van der Waals surface area (Å²) in [5.74, 6) is 1.57. The van der Waals surface area contributed by atoms with E-state index in [0.29, 0.717) is 50.4 Å². The van der Waals surface area contributed by atoms with Crippen LogP contribution < -0.4 is 23.7 Å². The van der Waals surface area contributed by atoms with Gasteiger partial charge in [0.15, 0.2) is 23.0 Å². The van der Waals surface area contributed by atoms with E-state index in [-0.39, 0.29) is 11.3 Å². The molecule has 0 amide bonds. The third kappa shape index (κ3) is 5.28. The highest BCUT2D eigenvalue weighted by Gasteiger charge is 2.20. The van der Waals surface area contributed by atoms with Crippen molar-refractivity contribution >= 4 is 34.1 Å². The zero-order chi connectivity index (χ0) is 27.2. The number of halogens is 1. The minimum Gasteiger partial charge on any atom is -0.496 e. The van der Waals surface area contributed by atoms with Gasteiger partial charge in [0.25, 0.3) is 0 Å². The lowest BCUT2D eigenvalue weighted by Crippen LogP contribution is -2.11. The van der Waals surface area contributed by atoms with Crippen LogP contribution in [0.4, 0.5) is 0 Å². The summed E-state index contributed by atoms with van der Waals surface area (Å²) in [5.41, 5.74) is 1.37. The molecule has 0 aliphatic rings. The number of oxime groups is 1. The van der Waals surface area contributed by atoms with Crippen LogP contribution in [0.5, 0.6) is 28.7 Å². The van der Waals surface area contributed by atoms with Crippen molar-refractivity contribution < 1.29 is 33.3 Å². The second kappa shape index (κ2) is 11.7. The summed E-state index contributed by atoms with van der Waals surface area (Å²) in [4.78, 5) is 23.0. The molecule has 0 bridgehead atoms. The molecule has 0 aliphatic carbocycles. The Bertz CT molecular complexity index is 1520. The molecule has 9 nitrogen and oxygen atoms in total. The van der Waals surface area contributed by atoms with E-state index < -0.39 is 5.97 Å². The van der Waals surface area contributed by atoms with E-state index in [0.717, 1.165) is 5.39 Å². The molecule has 196 valence electrons. The Labute approximate surface area is 224 Å². The van der Waals surface area contributed by atoms with Gasteiger partial charge >= 0.3 is 5.97 Å². The molecule has 0 atom stereocenters. The SMILES string of the molecule is COc1ccc(/C(=N/OC(=O)c2cc(Cl)ccc2OC)c2nccc3cc(OC)c(OC)cc23)cc1OC. The molecule has 38 heavy (non-hydrogen) atoms. The molecule has 10 heteroatoms. The Morgan fingerprint density at radius 3 is 2.05 bits per heavy atom. The first kappa shape index (κ1) is 26.6. The topological polar surface area (TPSA) is 97.7 Å². The van der Waals surface area contributed by atoms with Crippen LogP contribution in [-0.2, 0) is 4.84 Å². The fraction of sp³-hybridized carbons (Fsp3) is 0.179. The molecule has 0 N–H and O–H groups in total. The Morgan fingerprint density at radius 1 is 0.737 bits per heavy atom. The molecular weight excluding hydrogens is 512 g/mol. The van der Waals surface area contributed by atoms with E-state index in [2.05, 4.69) is 10.1 Å². The van der Waals surface area contributed by atoms with Crippen molar-refractivity contribution in [2.75, 3.05) is 35.5 Å². The van der Waals surface area contributed by atoms with E-state index in [4.69, 9.17) is 40.1 Å². The smallest absolute Gasteiger partial charge is 0.369 e. The van der Waals surface area contributed by atoms with Crippen LogP contribution >= 0.6 is 11.6 Å². The molecule has 0 radical (unpaired) electrons. The van der Waals surface area contributed by atoms with Crippen molar-refractivity contribution in [3.05, 3.63) is 82.6 Å². The molecule has 1 aromatic heterocycles. The third-order valence-electron chi connectivity index (χ3n) is 5.75. The van der Waals surface area contributed by atoms with Gasteiger partial charge in [0.1, 0.15) is 22.7 Å². The maximum atomic E-state index is 13.0. The minimum absolute atomic E-state index is 0.118. The third-order valence-corrected chi connectivity index (χ3v) is 5.99. The number of nitrogens with zero attached hydrogens (tertiary/aromatic N) is 2. The lowest BCUT2D eigenvalue weighted by Gasteiger charge is -2.14. The summed E-state index contributed by atoms with van der Waals surface area (Å²) in [5, 5.41) is 6.11. The molecule has 4 rings (SSSR count). The van der Waals surface area contributed by atoms with Crippen LogP contribution in [0, 0.1) is 0 Å². The molecule has 0 fully saturated rings. The Hall–Kier alpha value is -4.50. The molecule has 0 saturated heterocycles.